The summed E-state index contributed by atoms with van der Waals surface area (Å²) in [4.78, 5) is 29.7. The van der Waals surface area contributed by atoms with Gasteiger partial charge in [-0.3, -0.25) is 14.2 Å². The Morgan fingerprint density at radius 2 is 2.25 bits per heavy atom. The van der Waals surface area contributed by atoms with Crippen LogP contribution in [0, 0.1) is 0 Å². The first-order chi connectivity index (χ1) is 11.6. The molecule has 0 aliphatic carbocycles. The number of ether oxygens (including phenoxy) is 2. The van der Waals surface area contributed by atoms with Crippen LogP contribution in [0.2, 0.25) is 0 Å². The van der Waals surface area contributed by atoms with Crippen LogP contribution >= 0.6 is 23.5 Å². The summed E-state index contributed by atoms with van der Waals surface area (Å²) in [5.74, 6) is 1.23. The number of benzene rings is 1. The molecule has 0 amide bonds. The van der Waals surface area contributed by atoms with Crippen molar-refractivity contribution in [3.8, 4) is 11.4 Å². The average molecular weight is 364 g/mol. The summed E-state index contributed by atoms with van der Waals surface area (Å²) in [7, 11) is 2.91. The molecule has 0 bridgehead atoms. The van der Waals surface area contributed by atoms with Gasteiger partial charge in [-0.2, -0.15) is 0 Å². The summed E-state index contributed by atoms with van der Waals surface area (Å²) < 4.78 is 11.5. The Morgan fingerprint density at radius 3 is 3.00 bits per heavy atom. The van der Waals surface area contributed by atoms with Gasteiger partial charge in [-0.05, 0) is 12.1 Å². The normalized spacial score (nSPS) is 12.8. The lowest BCUT2D eigenvalue weighted by Crippen LogP contribution is -2.24. The predicted octanol–water partition coefficient (Wildman–Crippen LogP) is 2.15. The minimum atomic E-state index is -0.360. The number of aromatic nitrogens is 2. The van der Waals surface area contributed by atoms with Crippen molar-refractivity contribution in [3.63, 3.8) is 0 Å². The molecule has 1 aliphatic heterocycles. The highest BCUT2D eigenvalue weighted by molar-refractivity contribution is 8.00. The highest BCUT2D eigenvalue weighted by Crippen LogP contribution is 2.30. The summed E-state index contributed by atoms with van der Waals surface area (Å²) in [5.41, 5.74) is 1.36. The van der Waals surface area contributed by atoms with Crippen LogP contribution < -0.4 is 10.3 Å². The molecular weight excluding hydrogens is 348 g/mol. The maximum Gasteiger partial charge on any atom is 0.316 e. The molecule has 0 unspecified atom stereocenters. The van der Waals surface area contributed by atoms with Gasteiger partial charge in [0.2, 0.25) is 0 Å². The summed E-state index contributed by atoms with van der Waals surface area (Å²) >= 11 is 2.72. The van der Waals surface area contributed by atoms with Crippen molar-refractivity contribution in [2.24, 2.45) is 0 Å². The number of thioether (sulfide) groups is 2. The number of carbonyl (C=O) groups is 1. The summed E-state index contributed by atoms with van der Waals surface area (Å²) in [6.45, 7) is 0. The van der Waals surface area contributed by atoms with Crippen LogP contribution in [0.25, 0.3) is 5.69 Å². The zero-order valence-corrected chi connectivity index (χ0v) is 14.9. The van der Waals surface area contributed by atoms with E-state index in [1.54, 1.807) is 13.2 Å². The molecular formula is C16H16N2O4S2. The third-order valence-corrected chi connectivity index (χ3v) is 5.54. The maximum atomic E-state index is 12.9. The van der Waals surface area contributed by atoms with Crippen molar-refractivity contribution >= 4 is 29.5 Å². The monoisotopic (exact) mass is 364 g/mol. The number of fused-ring (bicyclic) bond motifs is 1. The van der Waals surface area contributed by atoms with Gasteiger partial charge in [0.05, 0.1) is 36.2 Å². The molecule has 126 valence electrons. The molecule has 24 heavy (non-hydrogen) atoms. The Balaban J connectivity index is 2.11. The molecule has 8 heteroatoms. The van der Waals surface area contributed by atoms with Crippen molar-refractivity contribution in [2.75, 3.05) is 25.7 Å². The number of rotatable bonds is 5. The van der Waals surface area contributed by atoms with Crippen molar-refractivity contribution < 1.29 is 14.3 Å². The van der Waals surface area contributed by atoms with E-state index in [1.807, 2.05) is 18.2 Å². The molecule has 1 aromatic heterocycles. The van der Waals surface area contributed by atoms with Gasteiger partial charge in [0.15, 0.2) is 5.16 Å². The number of methoxy groups -OCH3 is 2. The fourth-order valence-corrected chi connectivity index (χ4v) is 4.23. The largest absolute Gasteiger partial charge is 0.497 e. The molecule has 2 aromatic rings. The first-order valence-corrected chi connectivity index (χ1v) is 9.24. The average Bonchev–Trinajstić information content (AvgIpc) is 3.08. The Morgan fingerprint density at radius 1 is 1.42 bits per heavy atom. The lowest BCUT2D eigenvalue weighted by Gasteiger charge is -2.14. The third kappa shape index (κ3) is 3.29. The number of hydrogen-bond donors (Lipinski definition) is 0. The van der Waals surface area contributed by atoms with Gasteiger partial charge in [-0.1, -0.05) is 17.8 Å². The van der Waals surface area contributed by atoms with Gasteiger partial charge < -0.3 is 9.47 Å². The van der Waals surface area contributed by atoms with E-state index in [-0.39, 0.29) is 17.3 Å². The van der Waals surface area contributed by atoms with E-state index in [0.29, 0.717) is 21.5 Å². The molecule has 0 saturated heterocycles. The predicted molar refractivity (Wildman–Crippen MR) is 93.6 cm³/mol. The SMILES string of the molecule is COC(=O)CSc1nc2c(c(=O)n1-c1cccc(OC)c1)SCC2. The van der Waals surface area contributed by atoms with E-state index < -0.39 is 0 Å². The quantitative estimate of drug-likeness (QED) is 0.457. The fourth-order valence-electron chi connectivity index (χ4n) is 2.35. The minimum Gasteiger partial charge on any atom is -0.497 e. The molecule has 0 atom stereocenters. The zero-order valence-electron chi connectivity index (χ0n) is 13.3. The Hall–Kier alpha value is -1.93. The number of aryl methyl sites for hydroxylation is 1. The third-order valence-electron chi connectivity index (χ3n) is 3.52. The first kappa shape index (κ1) is 16.9. The van der Waals surface area contributed by atoms with E-state index >= 15 is 0 Å². The first-order valence-electron chi connectivity index (χ1n) is 7.27. The van der Waals surface area contributed by atoms with Crippen LogP contribution in [0.15, 0.2) is 39.1 Å². The topological polar surface area (TPSA) is 70.4 Å². The summed E-state index contributed by atoms with van der Waals surface area (Å²) in [6, 6.07) is 7.22. The van der Waals surface area contributed by atoms with Crippen LogP contribution in [-0.2, 0) is 16.0 Å². The second-order valence-corrected chi connectivity index (χ2v) is 7.02. The lowest BCUT2D eigenvalue weighted by atomic mass is 10.3. The zero-order chi connectivity index (χ0) is 17.1. The second-order valence-electron chi connectivity index (χ2n) is 4.98. The van der Waals surface area contributed by atoms with E-state index in [2.05, 4.69) is 9.72 Å². The molecule has 0 saturated carbocycles. The van der Waals surface area contributed by atoms with Crippen LogP contribution in [-0.4, -0.2) is 41.2 Å². The van der Waals surface area contributed by atoms with E-state index in [4.69, 9.17) is 4.74 Å². The van der Waals surface area contributed by atoms with Crippen molar-refractivity contribution in [1.82, 2.24) is 9.55 Å². The van der Waals surface area contributed by atoms with Crippen LogP contribution in [0.3, 0.4) is 0 Å². The van der Waals surface area contributed by atoms with Gasteiger partial charge in [0, 0.05) is 18.2 Å². The smallest absolute Gasteiger partial charge is 0.316 e. The molecule has 0 radical (unpaired) electrons. The van der Waals surface area contributed by atoms with Gasteiger partial charge >= 0.3 is 5.97 Å². The molecule has 1 aliphatic rings. The summed E-state index contributed by atoms with van der Waals surface area (Å²) in [6.07, 6.45) is 0.764. The van der Waals surface area contributed by atoms with Gasteiger partial charge in [0.1, 0.15) is 5.75 Å². The highest BCUT2D eigenvalue weighted by Gasteiger charge is 2.23. The summed E-state index contributed by atoms with van der Waals surface area (Å²) in [5, 5.41) is 0.486. The molecule has 0 N–H and O–H groups in total. The molecule has 6 nitrogen and oxygen atoms in total. The van der Waals surface area contributed by atoms with E-state index in [9.17, 15) is 9.59 Å². The Labute approximate surface area is 147 Å². The van der Waals surface area contributed by atoms with Crippen molar-refractivity contribution in [3.05, 3.63) is 40.3 Å². The fraction of sp³-hybridized carbons (Fsp3) is 0.312. The van der Waals surface area contributed by atoms with Crippen molar-refractivity contribution in [2.45, 2.75) is 16.5 Å². The van der Waals surface area contributed by atoms with Gasteiger partial charge in [-0.15, -0.1) is 11.8 Å². The molecule has 0 fully saturated rings. The number of esters is 1. The number of nitrogens with zero attached hydrogens (tertiary/aromatic N) is 2. The maximum absolute atomic E-state index is 12.9. The van der Waals surface area contributed by atoms with E-state index in [1.165, 1.54) is 35.2 Å². The van der Waals surface area contributed by atoms with Gasteiger partial charge in [0.25, 0.3) is 5.56 Å². The molecule has 2 heterocycles. The number of hydrogen-bond acceptors (Lipinski definition) is 7. The number of carbonyl (C=O) groups excluding carboxylic acids is 1. The second kappa shape index (κ2) is 7.31. The molecule has 0 spiro atoms. The van der Waals surface area contributed by atoms with Gasteiger partial charge in [-0.25, -0.2) is 4.98 Å². The van der Waals surface area contributed by atoms with Crippen LogP contribution in [0.1, 0.15) is 5.69 Å². The van der Waals surface area contributed by atoms with Crippen molar-refractivity contribution in [1.29, 1.82) is 0 Å². The standard InChI is InChI=1S/C16H16N2O4S2/c1-21-11-5-3-4-10(8-11)18-15(20)14-12(6-7-23-14)17-16(18)24-9-13(19)22-2/h3-5,8H,6-7,9H2,1-2H3. The van der Waals surface area contributed by atoms with Crippen LogP contribution in [0.5, 0.6) is 5.75 Å². The van der Waals surface area contributed by atoms with Crippen LogP contribution in [0.4, 0.5) is 0 Å². The molecule has 3 rings (SSSR count). The van der Waals surface area contributed by atoms with E-state index in [0.717, 1.165) is 17.9 Å². The minimum absolute atomic E-state index is 0.0961. The highest BCUT2D eigenvalue weighted by atomic mass is 32.2. The Bertz CT molecular complexity index is 835. The lowest BCUT2D eigenvalue weighted by molar-refractivity contribution is -0.137. The molecule has 1 aromatic carbocycles. The Kier molecular flexibility index (Phi) is 5.15.